The Balaban J connectivity index is 1.45. The topological polar surface area (TPSA) is 46.1 Å². The summed E-state index contributed by atoms with van der Waals surface area (Å²) in [6, 6.07) is 19.8. The second kappa shape index (κ2) is 6.67. The fourth-order valence-corrected chi connectivity index (χ4v) is 3.17. The number of carbonyl (C=O) groups excluding carboxylic acids is 1. The van der Waals surface area contributed by atoms with Crippen LogP contribution in [0.4, 0.5) is 10.2 Å². The molecule has 1 amide bonds. The van der Waals surface area contributed by atoms with Gasteiger partial charge in [0.2, 0.25) is 5.91 Å². The first-order valence-corrected chi connectivity index (χ1v) is 8.55. The van der Waals surface area contributed by atoms with Crippen LogP contribution in [0.15, 0.2) is 66.7 Å². The molecule has 4 rings (SSSR count). The van der Waals surface area contributed by atoms with Crippen LogP contribution in [-0.2, 0) is 4.79 Å². The molecule has 0 saturated heterocycles. The smallest absolute Gasteiger partial charge is 0.231 e. The van der Waals surface area contributed by atoms with E-state index in [1.165, 1.54) is 12.1 Å². The van der Waals surface area contributed by atoms with E-state index in [1.807, 2.05) is 42.5 Å². The molecule has 0 bridgehead atoms. The summed E-state index contributed by atoms with van der Waals surface area (Å²) in [6.45, 7) is 0. The fourth-order valence-electron chi connectivity index (χ4n) is 3.17. The second-order valence-electron chi connectivity index (χ2n) is 6.54. The zero-order valence-electron chi connectivity index (χ0n) is 14.3. The Morgan fingerprint density at radius 2 is 1.73 bits per heavy atom. The number of benzene rings is 2. The molecule has 1 aliphatic rings. The van der Waals surface area contributed by atoms with Gasteiger partial charge in [0.1, 0.15) is 5.82 Å². The lowest BCUT2D eigenvalue weighted by molar-refractivity contribution is -0.119. The van der Waals surface area contributed by atoms with Crippen LogP contribution < -0.4 is 4.90 Å². The molecule has 1 fully saturated rings. The summed E-state index contributed by atoms with van der Waals surface area (Å²) >= 11 is 0. The van der Waals surface area contributed by atoms with Crippen molar-refractivity contribution >= 4 is 11.7 Å². The van der Waals surface area contributed by atoms with E-state index in [0.29, 0.717) is 5.82 Å². The van der Waals surface area contributed by atoms with Gasteiger partial charge in [-0.25, -0.2) is 4.39 Å². The van der Waals surface area contributed by atoms with Gasteiger partial charge in [-0.1, -0.05) is 42.5 Å². The van der Waals surface area contributed by atoms with E-state index in [9.17, 15) is 9.18 Å². The molecule has 0 unspecified atom stereocenters. The number of amides is 1. The molecule has 2 aromatic carbocycles. The molecule has 0 spiro atoms. The highest BCUT2D eigenvalue weighted by Gasteiger charge is 2.45. The number of rotatable bonds is 4. The molecule has 0 N–H and O–H groups in total. The summed E-state index contributed by atoms with van der Waals surface area (Å²) < 4.78 is 13.0. The number of anilines is 1. The summed E-state index contributed by atoms with van der Waals surface area (Å²) in [7, 11) is 1.72. The molecule has 0 radical (unpaired) electrons. The molecular weight excluding hydrogens is 329 g/mol. The van der Waals surface area contributed by atoms with Gasteiger partial charge in [0.15, 0.2) is 5.82 Å². The average Bonchev–Trinajstić information content (AvgIpc) is 3.49. The normalized spacial score (nSPS) is 18.4. The Morgan fingerprint density at radius 1 is 1.00 bits per heavy atom. The highest BCUT2D eigenvalue weighted by atomic mass is 19.1. The molecule has 26 heavy (non-hydrogen) atoms. The van der Waals surface area contributed by atoms with Crippen LogP contribution in [0.25, 0.3) is 11.3 Å². The van der Waals surface area contributed by atoms with Crippen molar-refractivity contribution in [2.24, 2.45) is 5.92 Å². The molecule has 1 heterocycles. The summed E-state index contributed by atoms with van der Waals surface area (Å²) in [6.07, 6.45) is 0.782. The third kappa shape index (κ3) is 3.20. The quantitative estimate of drug-likeness (QED) is 0.715. The fraction of sp³-hybridized carbons (Fsp3) is 0.190. The van der Waals surface area contributed by atoms with Crippen LogP contribution in [0.1, 0.15) is 17.9 Å². The van der Waals surface area contributed by atoms with Crippen molar-refractivity contribution in [1.29, 1.82) is 0 Å². The van der Waals surface area contributed by atoms with Gasteiger partial charge >= 0.3 is 0 Å². The van der Waals surface area contributed by atoms with Crippen molar-refractivity contribution in [3.8, 4) is 11.3 Å². The highest BCUT2D eigenvalue weighted by Crippen LogP contribution is 2.48. The van der Waals surface area contributed by atoms with Crippen LogP contribution >= 0.6 is 0 Å². The van der Waals surface area contributed by atoms with Gasteiger partial charge in [-0.3, -0.25) is 9.69 Å². The summed E-state index contributed by atoms with van der Waals surface area (Å²) in [5.74, 6) is 0.354. The SMILES string of the molecule is CN(C(=O)[C@@H]1C[C@H]1c1ccc(F)cc1)c1ccc(-c2ccccc2)nn1. The van der Waals surface area contributed by atoms with E-state index in [1.54, 1.807) is 24.1 Å². The van der Waals surface area contributed by atoms with Gasteiger partial charge in [-0.15, -0.1) is 10.2 Å². The minimum Gasteiger partial charge on any atom is -0.298 e. The number of nitrogens with zero attached hydrogens (tertiary/aromatic N) is 3. The number of hydrogen-bond acceptors (Lipinski definition) is 3. The predicted molar refractivity (Wildman–Crippen MR) is 98.1 cm³/mol. The van der Waals surface area contributed by atoms with Gasteiger partial charge in [-0.05, 0) is 42.2 Å². The van der Waals surface area contributed by atoms with Gasteiger partial charge in [0.25, 0.3) is 0 Å². The van der Waals surface area contributed by atoms with Crippen LogP contribution in [0, 0.1) is 11.7 Å². The molecule has 5 heteroatoms. The molecule has 130 valence electrons. The minimum atomic E-state index is -0.261. The molecule has 1 aromatic heterocycles. The average molecular weight is 347 g/mol. The number of carbonyl (C=O) groups is 1. The lowest BCUT2D eigenvalue weighted by atomic mass is 10.1. The third-order valence-electron chi connectivity index (χ3n) is 4.80. The maximum Gasteiger partial charge on any atom is 0.231 e. The Kier molecular flexibility index (Phi) is 4.21. The first-order valence-electron chi connectivity index (χ1n) is 8.55. The third-order valence-corrected chi connectivity index (χ3v) is 4.80. The molecule has 2 atom stereocenters. The van der Waals surface area contributed by atoms with Crippen LogP contribution in [0.2, 0.25) is 0 Å². The molecule has 3 aromatic rings. The van der Waals surface area contributed by atoms with E-state index in [2.05, 4.69) is 10.2 Å². The van der Waals surface area contributed by atoms with E-state index in [0.717, 1.165) is 23.2 Å². The summed E-state index contributed by atoms with van der Waals surface area (Å²) in [5.41, 5.74) is 2.76. The Morgan fingerprint density at radius 3 is 2.38 bits per heavy atom. The van der Waals surface area contributed by atoms with E-state index in [-0.39, 0.29) is 23.6 Å². The lowest BCUT2D eigenvalue weighted by Crippen LogP contribution is -2.29. The van der Waals surface area contributed by atoms with Gasteiger partial charge < -0.3 is 0 Å². The van der Waals surface area contributed by atoms with E-state index in [4.69, 9.17) is 0 Å². The van der Waals surface area contributed by atoms with Crippen molar-refractivity contribution in [3.63, 3.8) is 0 Å². The number of hydrogen-bond donors (Lipinski definition) is 0. The predicted octanol–water partition coefficient (Wildman–Crippen LogP) is 4.05. The van der Waals surface area contributed by atoms with Crippen LogP contribution in [0.3, 0.4) is 0 Å². The minimum absolute atomic E-state index is 0.0149. The van der Waals surface area contributed by atoms with Gasteiger partial charge in [-0.2, -0.15) is 0 Å². The van der Waals surface area contributed by atoms with Crippen molar-refractivity contribution in [3.05, 3.63) is 78.1 Å². The Bertz CT molecular complexity index is 910. The lowest BCUT2D eigenvalue weighted by Gasteiger charge is -2.16. The standard InChI is InChI=1S/C21H18FN3O/c1-25(20-12-11-19(23-24-20)15-5-3-2-4-6-15)21(26)18-13-17(18)14-7-9-16(22)10-8-14/h2-12,17-18H,13H2,1H3/t17-,18+/m0/s1. The van der Waals surface area contributed by atoms with E-state index >= 15 is 0 Å². The maximum atomic E-state index is 13.0. The largest absolute Gasteiger partial charge is 0.298 e. The number of aromatic nitrogens is 2. The van der Waals surface area contributed by atoms with Gasteiger partial charge in [0.05, 0.1) is 5.69 Å². The van der Waals surface area contributed by atoms with Crippen molar-refractivity contribution in [2.45, 2.75) is 12.3 Å². The first kappa shape index (κ1) is 16.4. The maximum absolute atomic E-state index is 13.0. The number of halogens is 1. The summed E-state index contributed by atoms with van der Waals surface area (Å²) in [4.78, 5) is 14.2. The van der Waals surface area contributed by atoms with Crippen LogP contribution in [0.5, 0.6) is 0 Å². The highest BCUT2D eigenvalue weighted by molar-refractivity contribution is 5.96. The van der Waals surface area contributed by atoms with Crippen LogP contribution in [-0.4, -0.2) is 23.2 Å². The zero-order chi connectivity index (χ0) is 18.1. The first-order chi connectivity index (χ1) is 12.6. The molecular formula is C21H18FN3O. The van der Waals surface area contributed by atoms with E-state index < -0.39 is 0 Å². The Labute approximate surface area is 151 Å². The zero-order valence-corrected chi connectivity index (χ0v) is 14.3. The molecule has 1 saturated carbocycles. The van der Waals surface area contributed by atoms with Crippen molar-refractivity contribution in [1.82, 2.24) is 10.2 Å². The monoisotopic (exact) mass is 347 g/mol. The van der Waals surface area contributed by atoms with Crippen molar-refractivity contribution in [2.75, 3.05) is 11.9 Å². The van der Waals surface area contributed by atoms with Crippen molar-refractivity contribution < 1.29 is 9.18 Å². The molecule has 1 aliphatic carbocycles. The molecule has 0 aliphatic heterocycles. The Hall–Kier alpha value is -3.08. The summed E-state index contributed by atoms with van der Waals surface area (Å²) in [5, 5.41) is 8.43. The second-order valence-corrected chi connectivity index (χ2v) is 6.54. The molecule has 4 nitrogen and oxygen atoms in total. The van der Waals surface area contributed by atoms with Gasteiger partial charge in [0, 0.05) is 18.5 Å².